The van der Waals surface area contributed by atoms with E-state index >= 15 is 0 Å². The van der Waals surface area contributed by atoms with E-state index in [1.807, 2.05) is 12.1 Å². The molecule has 88 valence electrons. The maximum Gasteiger partial charge on any atom is 0.128 e. The summed E-state index contributed by atoms with van der Waals surface area (Å²) in [6, 6.07) is 5.40. The van der Waals surface area contributed by atoms with Crippen molar-refractivity contribution < 1.29 is 14.6 Å². The van der Waals surface area contributed by atoms with Crippen LogP contribution in [0.1, 0.15) is 25.0 Å². The number of hydrogen-bond donors (Lipinski definition) is 1. The number of benzene rings is 1. The lowest BCUT2D eigenvalue weighted by Crippen LogP contribution is -2.02. The topological polar surface area (TPSA) is 38.7 Å². The highest BCUT2D eigenvalue weighted by Gasteiger charge is 2.10. The van der Waals surface area contributed by atoms with E-state index < -0.39 is 6.10 Å². The fraction of sp³-hybridized carbons (Fsp3) is 0.385. The molecule has 0 saturated carbocycles. The van der Waals surface area contributed by atoms with E-state index in [-0.39, 0.29) is 0 Å². The van der Waals surface area contributed by atoms with Gasteiger partial charge in [0.15, 0.2) is 0 Å². The van der Waals surface area contributed by atoms with Gasteiger partial charge in [0.25, 0.3) is 0 Å². The molecule has 3 heteroatoms. The van der Waals surface area contributed by atoms with Crippen LogP contribution in [0.3, 0.4) is 0 Å². The molecule has 0 saturated heterocycles. The minimum Gasteiger partial charge on any atom is -0.497 e. The maximum atomic E-state index is 9.58. The number of ether oxygens (including phenoxy) is 2. The number of aliphatic hydroxyl groups is 1. The van der Waals surface area contributed by atoms with Gasteiger partial charge in [-0.1, -0.05) is 6.08 Å². The van der Waals surface area contributed by atoms with E-state index in [1.54, 1.807) is 26.2 Å². The molecule has 0 aliphatic rings. The van der Waals surface area contributed by atoms with E-state index in [2.05, 4.69) is 6.58 Å². The molecular formula is C13H18O3. The normalized spacial score (nSPS) is 11.9. The molecule has 1 atom stereocenters. The summed E-state index contributed by atoms with van der Waals surface area (Å²) < 4.78 is 10.7. The third-order valence-corrected chi connectivity index (χ3v) is 2.25. The lowest BCUT2D eigenvalue weighted by atomic mass is 10.1. The Morgan fingerprint density at radius 3 is 2.81 bits per heavy atom. The average Bonchev–Trinajstić information content (AvgIpc) is 2.29. The van der Waals surface area contributed by atoms with Crippen LogP contribution in [0.15, 0.2) is 30.9 Å². The molecule has 3 nitrogen and oxygen atoms in total. The molecule has 1 rings (SSSR count). The fourth-order valence-electron chi connectivity index (χ4n) is 1.36. The molecule has 1 N–H and O–H groups in total. The first-order chi connectivity index (χ1) is 7.69. The molecule has 0 spiro atoms. The van der Waals surface area contributed by atoms with E-state index in [1.165, 1.54) is 0 Å². The molecule has 16 heavy (non-hydrogen) atoms. The minimum atomic E-state index is -0.551. The molecular weight excluding hydrogens is 204 g/mol. The van der Waals surface area contributed by atoms with Crippen LogP contribution in [-0.4, -0.2) is 18.8 Å². The summed E-state index contributed by atoms with van der Waals surface area (Å²) in [5, 5.41) is 9.58. The van der Waals surface area contributed by atoms with Crippen molar-refractivity contribution in [2.45, 2.75) is 19.4 Å². The summed E-state index contributed by atoms with van der Waals surface area (Å²) in [4.78, 5) is 0. The van der Waals surface area contributed by atoms with Crippen LogP contribution in [0.4, 0.5) is 0 Å². The van der Waals surface area contributed by atoms with Crippen LogP contribution in [0, 0.1) is 0 Å². The third kappa shape index (κ3) is 3.28. The van der Waals surface area contributed by atoms with Crippen molar-refractivity contribution in [3.8, 4) is 11.5 Å². The van der Waals surface area contributed by atoms with Gasteiger partial charge in [0.1, 0.15) is 11.5 Å². The Bertz CT molecular complexity index is 345. The first-order valence-electron chi connectivity index (χ1n) is 5.28. The van der Waals surface area contributed by atoms with Gasteiger partial charge < -0.3 is 14.6 Å². The molecule has 1 unspecified atom stereocenters. The summed E-state index contributed by atoms with van der Waals surface area (Å²) in [5.74, 6) is 1.38. The van der Waals surface area contributed by atoms with Crippen molar-refractivity contribution in [1.82, 2.24) is 0 Å². The molecule has 0 amide bonds. The number of methoxy groups -OCH3 is 1. The molecule has 0 radical (unpaired) electrons. The van der Waals surface area contributed by atoms with E-state index in [0.717, 1.165) is 17.7 Å². The van der Waals surface area contributed by atoms with Crippen LogP contribution in [-0.2, 0) is 0 Å². The molecule has 0 heterocycles. The fourth-order valence-corrected chi connectivity index (χ4v) is 1.36. The number of aliphatic hydroxyl groups excluding tert-OH is 1. The molecule has 0 aromatic heterocycles. The minimum absolute atomic E-state index is 0.551. The van der Waals surface area contributed by atoms with Crippen LogP contribution in [0.5, 0.6) is 11.5 Å². The molecule has 0 fully saturated rings. The Hall–Kier alpha value is -1.48. The number of rotatable bonds is 6. The second-order valence-corrected chi connectivity index (χ2v) is 3.51. The Labute approximate surface area is 96.3 Å². The van der Waals surface area contributed by atoms with Crippen LogP contribution < -0.4 is 9.47 Å². The van der Waals surface area contributed by atoms with Gasteiger partial charge in [0.05, 0.1) is 19.8 Å². The van der Waals surface area contributed by atoms with Crippen LogP contribution in [0.2, 0.25) is 0 Å². The average molecular weight is 222 g/mol. The van der Waals surface area contributed by atoms with Gasteiger partial charge in [0, 0.05) is 11.6 Å². The SMILES string of the molecule is C=CCCOc1cc(OC)ccc1C(C)O. The van der Waals surface area contributed by atoms with Gasteiger partial charge in [0.2, 0.25) is 0 Å². The van der Waals surface area contributed by atoms with E-state index in [4.69, 9.17) is 9.47 Å². The second kappa shape index (κ2) is 6.18. The predicted molar refractivity (Wildman–Crippen MR) is 63.9 cm³/mol. The first-order valence-corrected chi connectivity index (χ1v) is 5.28. The van der Waals surface area contributed by atoms with Gasteiger partial charge in [-0.2, -0.15) is 0 Å². The van der Waals surface area contributed by atoms with Crippen molar-refractivity contribution in [3.63, 3.8) is 0 Å². The second-order valence-electron chi connectivity index (χ2n) is 3.51. The Balaban J connectivity index is 2.86. The largest absolute Gasteiger partial charge is 0.497 e. The standard InChI is InChI=1S/C13H18O3/c1-4-5-8-16-13-9-11(15-3)6-7-12(13)10(2)14/h4,6-7,9-10,14H,1,5,8H2,2-3H3. The summed E-state index contributed by atoms with van der Waals surface area (Å²) in [7, 11) is 1.60. The summed E-state index contributed by atoms with van der Waals surface area (Å²) >= 11 is 0. The zero-order valence-corrected chi connectivity index (χ0v) is 9.77. The third-order valence-electron chi connectivity index (χ3n) is 2.25. The van der Waals surface area contributed by atoms with E-state index in [9.17, 15) is 5.11 Å². The van der Waals surface area contributed by atoms with Gasteiger partial charge in [-0.3, -0.25) is 0 Å². The maximum absolute atomic E-state index is 9.58. The van der Waals surface area contributed by atoms with Gasteiger partial charge >= 0.3 is 0 Å². The highest BCUT2D eigenvalue weighted by molar-refractivity contribution is 5.41. The Morgan fingerprint density at radius 1 is 1.50 bits per heavy atom. The zero-order chi connectivity index (χ0) is 12.0. The molecule has 0 aliphatic carbocycles. The Kier molecular flexibility index (Phi) is 4.86. The first kappa shape index (κ1) is 12.6. The monoisotopic (exact) mass is 222 g/mol. The van der Waals surface area contributed by atoms with Gasteiger partial charge in [-0.15, -0.1) is 6.58 Å². The summed E-state index contributed by atoms with van der Waals surface area (Å²) in [5.41, 5.74) is 0.768. The van der Waals surface area contributed by atoms with Crippen molar-refractivity contribution in [1.29, 1.82) is 0 Å². The van der Waals surface area contributed by atoms with Gasteiger partial charge in [-0.25, -0.2) is 0 Å². The van der Waals surface area contributed by atoms with Crippen molar-refractivity contribution in [3.05, 3.63) is 36.4 Å². The predicted octanol–water partition coefficient (Wildman–Crippen LogP) is 2.70. The molecule has 1 aromatic carbocycles. The zero-order valence-electron chi connectivity index (χ0n) is 9.77. The van der Waals surface area contributed by atoms with Gasteiger partial charge in [-0.05, 0) is 25.5 Å². The summed E-state index contributed by atoms with van der Waals surface area (Å²) in [6.07, 6.45) is 2.02. The van der Waals surface area contributed by atoms with Crippen molar-refractivity contribution in [2.75, 3.05) is 13.7 Å². The lowest BCUT2D eigenvalue weighted by Gasteiger charge is -2.14. The van der Waals surface area contributed by atoms with Crippen LogP contribution >= 0.6 is 0 Å². The Morgan fingerprint density at radius 2 is 2.25 bits per heavy atom. The smallest absolute Gasteiger partial charge is 0.128 e. The number of hydrogen-bond acceptors (Lipinski definition) is 3. The van der Waals surface area contributed by atoms with Crippen molar-refractivity contribution in [2.24, 2.45) is 0 Å². The highest BCUT2D eigenvalue weighted by atomic mass is 16.5. The molecule has 0 bridgehead atoms. The quantitative estimate of drug-likeness (QED) is 0.594. The lowest BCUT2D eigenvalue weighted by molar-refractivity contribution is 0.191. The molecule has 0 aliphatic heterocycles. The highest BCUT2D eigenvalue weighted by Crippen LogP contribution is 2.29. The van der Waals surface area contributed by atoms with Crippen LogP contribution in [0.25, 0.3) is 0 Å². The van der Waals surface area contributed by atoms with E-state index in [0.29, 0.717) is 12.4 Å². The van der Waals surface area contributed by atoms with Crippen molar-refractivity contribution >= 4 is 0 Å². The summed E-state index contributed by atoms with van der Waals surface area (Å²) in [6.45, 7) is 5.89. The molecule has 1 aromatic rings.